The van der Waals surface area contributed by atoms with Crippen molar-refractivity contribution in [3.8, 4) is 5.75 Å². The number of benzene rings is 2. The van der Waals surface area contributed by atoms with Gasteiger partial charge in [-0.3, -0.25) is 4.57 Å². The maximum absolute atomic E-state index is 11.9. The van der Waals surface area contributed by atoms with Gasteiger partial charge in [0.25, 0.3) is 0 Å². The van der Waals surface area contributed by atoms with E-state index in [1.807, 2.05) is 53.3 Å². The van der Waals surface area contributed by atoms with E-state index in [0.29, 0.717) is 17.9 Å². The summed E-state index contributed by atoms with van der Waals surface area (Å²) >= 11 is 1.81. The predicted molar refractivity (Wildman–Crippen MR) is 80.7 cm³/mol. The van der Waals surface area contributed by atoms with Crippen LogP contribution in [0.15, 0.2) is 57.7 Å². The third kappa shape index (κ3) is 2.37. The van der Waals surface area contributed by atoms with Gasteiger partial charge in [0.15, 0.2) is 28.6 Å². The fourth-order valence-electron chi connectivity index (χ4n) is 2.01. The Morgan fingerprint density at radius 1 is 1.16 bits per heavy atom. The van der Waals surface area contributed by atoms with E-state index in [4.69, 9.17) is 7.48 Å². The van der Waals surface area contributed by atoms with Crippen LogP contribution in [0.1, 0.15) is 5.56 Å². The van der Waals surface area contributed by atoms with Crippen LogP contribution in [0.3, 0.4) is 0 Å². The molecule has 0 atom stereocenters. The Morgan fingerprint density at radius 3 is 2.68 bits per heavy atom. The number of hydrogen-bond donors (Lipinski definition) is 0. The highest BCUT2D eigenvalue weighted by atomic mass is 127. The topological polar surface area (TPSA) is 44.4 Å². The Balaban J connectivity index is 2.12. The van der Waals surface area contributed by atoms with Crippen LogP contribution in [0.2, 0.25) is 0 Å². The van der Waals surface area contributed by atoms with Crippen molar-refractivity contribution in [3.05, 3.63) is 64.6 Å². The number of aromatic nitrogens is 1. The molecule has 0 spiro atoms. The number of fused-ring (bicyclic) bond motifs is 1. The molecule has 4 nitrogen and oxygen atoms in total. The highest BCUT2D eigenvalue weighted by molar-refractivity contribution is 14.1. The first kappa shape index (κ1) is 12.3. The number of oxazole rings is 1. The Bertz CT molecular complexity index is 761. The van der Waals surface area contributed by atoms with Crippen molar-refractivity contribution in [1.29, 1.82) is 0 Å². The van der Waals surface area contributed by atoms with E-state index < -0.39 is 0 Å². The SMILES string of the molecule is O=c1oc2ccc(OI)cc2n1Cc1ccccc1. The average molecular weight is 367 g/mol. The van der Waals surface area contributed by atoms with Gasteiger partial charge in [-0.15, -0.1) is 0 Å². The third-order valence-corrected chi connectivity index (χ3v) is 3.42. The number of hydrogen-bond acceptors (Lipinski definition) is 3. The summed E-state index contributed by atoms with van der Waals surface area (Å²) in [6.45, 7) is 0.484. The van der Waals surface area contributed by atoms with Crippen molar-refractivity contribution in [3.63, 3.8) is 0 Å². The first-order chi connectivity index (χ1) is 9.28. The molecule has 0 saturated carbocycles. The van der Waals surface area contributed by atoms with E-state index in [0.717, 1.165) is 11.1 Å². The van der Waals surface area contributed by atoms with Gasteiger partial charge in [-0.1, -0.05) is 30.3 Å². The van der Waals surface area contributed by atoms with Crippen molar-refractivity contribution in [2.45, 2.75) is 6.54 Å². The van der Waals surface area contributed by atoms with Gasteiger partial charge in [-0.05, 0) is 17.7 Å². The molecule has 1 aromatic heterocycles. The van der Waals surface area contributed by atoms with Crippen LogP contribution in [0.4, 0.5) is 0 Å². The zero-order chi connectivity index (χ0) is 13.2. The van der Waals surface area contributed by atoms with E-state index in [9.17, 15) is 4.79 Å². The van der Waals surface area contributed by atoms with Gasteiger partial charge in [0, 0.05) is 6.07 Å². The molecular weight excluding hydrogens is 357 g/mol. The van der Waals surface area contributed by atoms with Gasteiger partial charge < -0.3 is 7.48 Å². The monoisotopic (exact) mass is 367 g/mol. The molecule has 0 N–H and O–H groups in total. The van der Waals surface area contributed by atoms with Gasteiger partial charge in [0.05, 0.1) is 12.1 Å². The molecule has 0 fully saturated rings. The van der Waals surface area contributed by atoms with Crippen molar-refractivity contribution in [2.24, 2.45) is 0 Å². The summed E-state index contributed by atoms with van der Waals surface area (Å²) in [5.41, 5.74) is 2.36. The molecule has 0 amide bonds. The average Bonchev–Trinajstić information content (AvgIpc) is 2.76. The van der Waals surface area contributed by atoms with E-state index in [2.05, 4.69) is 0 Å². The van der Waals surface area contributed by atoms with Crippen LogP contribution in [-0.2, 0) is 6.54 Å². The molecule has 0 bridgehead atoms. The first-order valence-corrected chi connectivity index (χ1v) is 6.62. The van der Waals surface area contributed by atoms with Gasteiger partial charge in [-0.25, -0.2) is 4.79 Å². The molecule has 5 heteroatoms. The lowest BCUT2D eigenvalue weighted by Gasteiger charge is -2.03. The largest absolute Gasteiger partial charge is 0.428 e. The summed E-state index contributed by atoms with van der Waals surface area (Å²) in [7, 11) is 0. The Hall–Kier alpha value is -1.76. The van der Waals surface area contributed by atoms with Crippen molar-refractivity contribution in [2.75, 3.05) is 0 Å². The minimum absolute atomic E-state index is 0.357. The molecule has 1 heterocycles. The van der Waals surface area contributed by atoms with Crippen LogP contribution in [0, 0.1) is 0 Å². The summed E-state index contributed by atoms with van der Waals surface area (Å²) in [5, 5.41) is 0. The molecule has 96 valence electrons. The fraction of sp³-hybridized carbons (Fsp3) is 0.0714. The van der Waals surface area contributed by atoms with Crippen LogP contribution < -0.4 is 8.82 Å². The normalized spacial score (nSPS) is 10.8. The van der Waals surface area contributed by atoms with Crippen LogP contribution in [0.5, 0.6) is 5.75 Å². The van der Waals surface area contributed by atoms with Gasteiger partial charge in [-0.2, -0.15) is 0 Å². The highest BCUT2D eigenvalue weighted by Gasteiger charge is 2.10. The predicted octanol–water partition coefficient (Wildman–Crippen LogP) is 3.37. The molecule has 3 aromatic rings. The lowest BCUT2D eigenvalue weighted by Crippen LogP contribution is -2.14. The number of rotatable bonds is 3. The lowest BCUT2D eigenvalue weighted by atomic mass is 10.2. The Morgan fingerprint density at radius 2 is 1.95 bits per heavy atom. The summed E-state index contributed by atoms with van der Waals surface area (Å²) in [6.07, 6.45) is 0. The molecule has 19 heavy (non-hydrogen) atoms. The second-order valence-electron chi connectivity index (χ2n) is 4.15. The maximum atomic E-state index is 11.9. The molecule has 0 aliphatic carbocycles. The zero-order valence-corrected chi connectivity index (χ0v) is 12.0. The molecule has 2 aromatic carbocycles. The first-order valence-electron chi connectivity index (χ1n) is 5.74. The summed E-state index contributed by atoms with van der Waals surface area (Å²) < 4.78 is 12.0. The van der Waals surface area contributed by atoms with E-state index in [1.54, 1.807) is 22.8 Å². The standard InChI is InChI=1S/C14H10INO3/c15-19-11-6-7-13-12(8-11)16(14(17)18-13)9-10-4-2-1-3-5-10/h1-8H,9H2. The van der Waals surface area contributed by atoms with E-state index in [1.165, 1.54) is 0 Å². The van der Waals surface area contributed by atoms with Crippen LogP contribution >= 0.6 is 23.0 Å². The smallest absolute Gasteiger partial charge is 0.420 e. The highest BCUT2D eigenvalue weighted by Crippen LogP contribution is 2.22. The Labute approximate surface area is 123 Å². The molecule has 0 unspecified atom stereocenters. The summed E-state index contributed by atoms with van der Waals surface area (Å²) in [5.74, 6) is 0.333. The van der Waals surface area contributed by atoms with Crippen molar-refractivity contribution < 1.29 is 7.48 Å². The van der Waals surface area contributed by atoms with E-state index in [-0.39, 0.29) is 5.76 Å². The van der Waals surface area contributed by atoms with Gasteiger partial charge in [0.1, 0.15) is 5.75 Å². The van der Waals surface area contributed by atoms with Crippen molar-refractivity contribution >= 4 is 34.1 Å². The third-order valence-electron chi connectivity index (χ3n) is 2.91. The second kappa shape index (κ2) is 5.08. The Kier molecular flexibility index (Phi) is 3.29. The molecule has 0 aliphatic heterocycles. The van der Waals surface area contributed by atoms with Crippen LogP contribution in [0.25, 0.3) is 11.1 Å². The minimum atomic E-state index is -0.357. The molecular formula is C14H10INO3. The van der Waals surface area contributed by atoms with Gasteiger partial charge >= 0.3 is 5.76 Å². The summed E-state index contributed by atoms with van der Waals surface area (Å²) in [6, 6.07) is 15.1. The second-order valence-corrected chi connectivity index (χ2v) is 4.59. The fourth-order valence-corrected chi connectivity index (χ4v) is 2.28. The quantitative estimate of drug-likeness (QED) is 0.667. The van der Waals surface area contributed by atoms with Crippen LogP contribution in [-0.4, -0.2) is 4.57 Å². The molecule has 3 rings (SSSR count). The zero-order valence-electron chi connectivity index (χ0n) is 9.88. The number of nitrogens with zero attached hydrogens (tertiary/aromatic N) is 1. The molecule has 0 aliphatic rings. The van der Waals surface area contributed by atoms with Crippen molar-refractivity contribution in [1.82, 2.24) is 4.57 Å². The summed E-state index contributed by atoms with van der Waals surface area (Å²) in [4.78, 5) is 11.9. The van der Waals surface area contributed by atoms with E-state index >= 15 is 0 Å². The minimum Gasteiger partial charge on any atom is -0.428 e. The maximum Gasteiger partial charge on any atom is 0.420 e. The molecule has 0 saturated heterocycles. The number of halogens is 1. The van der Waals surface area contributed by atoms with Gasteiger partial charge in [0.2, 0.25) is 0 Å². The lowest BCUT2D eigenvalue weighted by molar-refractivity contribution is 0.517. The molecule has 0 radical (unpaired) electrons.